The molecular weight excluding hydrogens is 286 g/mol. The number of likely N-dealkylation sites (tertiary alicyclic amines) is 1. The van der Waals surface area contributed by atoms with Crippen molar-refractivity contribution < 1.29 is 23.5 Å². The molecule has 3 aliphatic heterocycles. The van der Waals surface area contributed by atoms with Gasteiger partial charge < -0.3 is 18.8 Å². The second-order valence-corrected chi connectivity index (χ2v) is 5.93. The summed E-state index contributed by atoms with van der Waals surface area (Å²) in [6, 6.07) is 3.62. The number of hydrogen-bond acceptors (Lipinski definition) is 5. The summed E-state index contributed by atoms with van der Waals surface area (Å²) in [6.07, 6.45) is 5.04. The lowest BCUT2D eigenvalue weighted by atomic mass is 9.77. The van der Waals surface area contributed by atoms with E-state index in [2.05, 4.69) is 0 Å². The zero-order valence-electron chi connectivity index (χ0n) is 12.2. The van der Waals surface area contributed by atoms with Crippen LogP contribution in [0.1, 0.15) is 12.7 Å². The van der Waals surface area contributed by atoms with E-state index < -0.39 is 17.4 Å². The Labute approximate surface area is 127 Å². The molecule has 4 heterocycles. The summed E-state index contributed by atoms with van der Waals surface area (Å²) < 4.78 is 16.4. The molecule has 22 heavy (non-hydrogen) atoms. The van der Waals surface area contributed by atoms with Gasteiger partial charge in [-0.05, 0) is 19.1 Å². The average molecular weight is 303 g/mol. The average Bonchev–Trinajstić information content (AvgIpc) is 3.23. The smallest absolute Gasteiger partial charge is 0.312 e. The lowest BCUT2D eigenvalue weighted by Crippen LogP contribution is -2.39. The van der Waals surface area contributed by atoms with Gasteiger partial charge >= 0.3 is 5.97 Å². The molecule has 0 N–H and O–H groups in total. The van der Waals surface area contributed by atoms with Gasteiger partial charge in [0.15, 0.2) is 0 Å². The predicted molar refractivity (Wildman–Crippen MR) is 74.5 cm³/mol. The largest absolute Gasteiger partial charge is 0.467 e. The summed E-state index contributed by atoms with van der Waals surface area (Å²) in [5.74, 6) is -0.732. The minimum atomic E-state index is -0.689. The minimum absolute atomic E-state index is 0.0682. The molecular formula is C16H17NO5. The Morgan fingerprint density at radius 3 is 3.14 bits per heavy atom. The molecule has 1 spiro atoms. The molecule has 1 aromatic rings. The Morgan fingerprint density at radius 1 is 1.55 bits per heavy atom. The molecule has 6 nitrogen and oxygen atoms in total. The quantitative estimate of drug-likeness (QED) is 0.616. The maximum absolute atomic E-state index is 12.8. The Hall–Kier alpha value is -2.08. The van der Waals surface area contributed by atoms with Crippen LogP contribution in [0.5, 0.6) is 0 Å². The van der Waals surface area contributed by atoms with Crippen LogP contribution in [0.25, 0.3) is 0 Å². The standard InChI is InChI=1S/C16H17NO5/c1-2-20-15(19)12-11-5-6-16(22-11)9-17(14(18)13(12)16)8-10-4-3-7-21-10/h3-7,11-13H,2,8-9H2,1H3/t11-,12?,13+,16-/m1/s1. The first kappa shape index (κ1) is 13.6. The van der Waals surface area contributed by atoms with Gasteiger partial charge in [0.05, 0.1) is 38.0 Å². The fourth-order valence-corrected chi connectivity index (χ4v) is 3.81. The van der Waals surface area contributed by atoms with Crippen LogP contribution in [-0.2, 0) is 25.6 Å². The number of carbonyl (C=O) groups is 2. The van der Waals surface area contributed by atoms with Crippen LogP contribution in [0.15, 0.2) is 35.0 Å². The second kappa shape index (κ2) is 4.71. The Bertz CT molecular complexity index is 637. The van der Waals surface area contributed by atoms with Gasteiger partial charge in [-0.2, -0.15) is 0 Å². The van der Waals surface area contributed by atoms with Crippen LogP contribution >= 0.6 is 0 Å². The SMILES string of the molecule is CCOC(=O)C1[C@H]2C(=O)N(Cc3ccco3)C[C@]23C=C[C@H]1O3. The van der Waals surface area contributed by atoms with Crippen molar-refractivity contribution >= 4 is 11.9 Å². The van der Waals surface area contributed by atoms with Crippen molar-refractivity contribution in [1.82, 2.24) is 4.90 Å². The summed E-state index contributed by atoms with van der Waals surface area (Å²) in [5.41, 5.74) is -0.689. The summed E-state index contributed by atoms with van der Waals surface area (Å²) >= 11 is 0. The van der Waals surface area contributed by atoms with Gasteiger partial charge in [0, 0.05) is 0 Å². The fourth-order valence-electron chi connectivity index (χ4n) is 3.81. The van der Waals surface area contributed by atoms with E-state index in [4.69, 9.17) is 13.9 Å². The molecule has 4 atom stereocenters. The maximum atomic E-state index is 12.8. The Balaban J connectivity index is 1.61. The highest BCUT2D eigenvalue weighted by Crippen LogP contribution is 2.52. The highest BCUT2D eigenvalue weighted by molar-refractivity contribution is 5.91. The summed E-state index contributed by atoms with van der Waals surface area (Å²) in [5, 5.41) is 0. The molecule has 0 saturated carbocycles. The van der Waals surface area contributed by atoms with Crippen LogP contribution < -0.4 is 0 Å². The maximum Gasteiger partial charge on any atom is 0.312 e. The van der Waals surface area contributed by atoms with Gasteiger partial charge in [-0.15, -0.1) is 0 Å². The number of nitrogens with zero attached hydrogens (tertiary/aromatic N) is 1. The van der Waals surface area contributed by atoms with E-state index in [1.807, 2.05) is 18.2 Å². The van der Waals surface area contributed by atoms with Crippen molar-refractivity contribution in [1.29, 1.82) is 0 Å². The zero-order chi connectivity index (χ0) is 15.3. The van der Waals surface area contributed by atoms with Crippen molar-refractivity contribution in [3.05, 3.63) is 36.3 Å². The van der Waals surface area contributed by atoms with E-state index in [1.54, 1.807) is 24.2 Å². The third kappa shape index (κ3) is 1.76. The first-order valence-electron chi connectivity index (χ1n) is 7.49. The topological polar surface area (TPSA) is 69.0 Å². The highest BCUT2D eigenvalue weighted by Gasteiger charge is 2.67. The van der Waals surface area contributed by atoms with E-state index in [1.165, 1.54) is 0 Å². The van der Waals surface area contributed by atoms with Gasteiger partial charge in [0.25, 0.3) is 0 Å². The minimum Gasteiger partial charge on any atom is -0.467 e. The number of hydrogen-bond donors (Lipinski definition) is 0. The lowest BCUT2D eigenvalue weighted by molar-refractivity contribution is -0.153. The summed E-state index contributed by atoms with van der Waals surface area (Å²) in [4.78, 5) is 26.7. The molecule has 0 aliphatic carbocycles. The van der Waals surface area contributed by atoms with E-state index in [0.29, 0.717) is 19.7 Å². The molecule has 2 saturated heterocycles. The molecule has 4 rings (SSSR count). The number of ether oxygens (including phenoxy) is 2. The Kier molecular flexibility index (Phi) is 2.91. The molecule has 116 valence electrons. The van der Waals surface area contributed by atoms with Crippen molar-refractivity contribution in [2.45, 2.75) is 25.2 Å². The van der Waals surface area contributed by atoms with Gasteiger partial charge in [-0.1, -0.05) is 12.2 Å². The normalized spacial score (nSPS) is 35.2. The third-order valence-corrected chi connectivity index (χ3v) is 4.66. The van der Waals surface area contributed by atoms with Crippen molar-refractivity contribution in [2.24, 2.45) is 11.8 Å². The lowest BCUT2D eigenvalue weighted by Gasteiger charge is -2.22. The molecule has 6 heteroatoms. The predicted octanol–water partition coefficient (Wildman–Crippen LogP) is 1.12. The van der Waals surface area contributed by atoms with Gasteiger partial charge in [-0.3, -0.25) is 9.59 Å². The molecule has 0 radical (unpaired) electrons. The number of furan rings is 1. The molecule has 0 aromatic carbocycles. The van der Waals surface area contributed by atoms with Crippen LogP contribution in [-0.4, -0.2) is 41.6 Å². The molecule has 1 aromatic heterocycles. The number of amides is 1. The number of carbonyl (C=O) groups excluding carboxylic acids is 2. The third-order valence-electron chi connectivity index (χ3n) is 4.66. The van der Waals surface area contributed by atoms with Crippen LogP contribution in [0.4, 0.5) is 0 Å². The molecule has 1 unspecified atom stereocenters. The molecule has 3 aliphatic rings. The molecule has 1 amide bonds. The monoisotopic (exact) mass is 303 g/mol. The highest BCUT2D eigenvalue weighted by atomic mass is 16.6. The van der Waals surface area contributed by atoms with Gasteiger partial charge in [0.2, 0.25) is 5.91 Å². The molecule has 2 bridgehead atoms. The van der Waals surface area contributed by atoms with E-state index >= 15 is 0 Å². The number of rotatable bonds is 4. The summed E-state index contributed by atoms with van der Waals surface area (Å²) in [6.45, 7) is 2.90. The first-order chi connectivity index (χ1) is 10.6. The van der Waals surface area contributed by atoms with Crippen LogP contribution in [0, 0.1) is 11.8 Å². The van der Waals surface area contributed by atoms with Gasteiger partial charge in [0.1, 0.15) is 17.3 Å². The number of fused-ring (bicyclic) bond motifs is 1. The van der Waals surface area contributed by atoms with Crippen molar-refractivity contribution in [3.63, 3.8) is 0 Å². The van der Waals surface area contributed by atoms with Crippen LogP contribution in [0.3, 0.4) is 0 Å². The first-order valence-corrected chi connectivity index (χ1v) is 7.49. The van der Waals surface area contributed by atoms with E-state index in [-0.39, 0.29) is 18.0 Å². The van der Waals surface area contributed by atoms with Crippen LogP contribution in [0.2, 0.25) is 0 Å². The van der Waals surface area contributed by atoms with E-state index in [9.17, 15) is 9.59 Å². The fraction of sp³-hybridized carbons (Fsp3) is 0.500. The van der Waals surface area contributed by atoms with Gasteiger partial charge in [-0.25, -0.2) is 0 Å². The summed E-state index contributed by atoms with van der Waals surface area (Å²) in [7, 11) is 0. The van der Waals surface area contributed by atoms with E-state index in [0.717, 1.165) is 5.76 Å². The van der Waals surface area contributed by atoms with Crippen molar-refractivity contribution in [2.75, 3.05) is 13.2 Å². The number of esters is 1. The second-order valence-electron chi connectivity index (χ2n) is 5.93. The van der Waals surface area contributed by atoms with Crippen molar-refractivity contribution in [3.8, 4) is 0 Å². The molecule has 2 fully saturated rings. The zero-order valence-corrected chi connectivity index (χ0v) is 12.2. The Morgan fingerprint density at radius 2 is 2.41 bits per heavy atom.